The lowest BCUT2D eigenvalue weighted by molar-refractivity contribution is 0.551. The SMILES string of the molecule is Cc1ccc(NS(=O)(=O)c2ccc(F)cc2F)cc1Nc1nccc(-c2cccnc2)n1. The number of aryl methyl sites for hydroxylation is 1. The average Bonchev–Trinajstić information content (AvgIpc) is 2.76. The molecule has 0 aliphatic rings. The minimum absolute atomic E-state index is 0.185. The van der Waals surface area contributed by atoms with Gasteiger partial charge < -0.3 is 5.32 Å². The van der Waals surface area contributed by atoms with Gasteiger partial charge in [0, 0.05) is 35.9 Å². The molecule has 10 heteroatoms. The highest BCUT2D eigenvalue weighted by Gasteiger charge is 2.20. The summed E-state index contributed by atoms with van der Waals surface area (Å²) in [4.78, 5) is 12.1. The zero-order valence-electron chi connectivity index (χ0n) is 16.8. The fourth-order valence-corrected chi connectivity index (χ4v) is 4.05. The third kappa shape index (κ3) is 4.70. The summed E-state index contributed by atoms with van der Waals surface area (Å²) in [5, 5.41) is 3.07. The van der Waals surface area contributed by atoms with Crippen molar-refractivity contribution in [2.75, 3.05) is 10.0 Å². The lowest BCUT2D eigenvalue weighted by Crippen LogP contribution is -2.15. The summed E-state index contributed by atoms with van der Waals surface area (Å²) >= 11 is 0. The molecule has 2 aromatic carbocycles. The maximum atomic E-state index is 14.0. The molecule has 0 bridgehead atoms. The first-order chi connectivity index (χ1) is 15.3. The van der Waals surface area contributed by atoms with Gasteiger partial charge in [0.15, 0.2) is 0 Å². The van der Waals surface area contributed by atoms with Crippen LogP contribution in [0.3, 0.4) is 0 Å². The molecular weight excluding hydrogens is 436 g/mol. The fourth-order valence-electron chi connectivity index (χ4n) is 2.94. The van der Waals surface area contributed by atoms with Crippen LogP contribution in [0.1, 0.15) is 5.56 Å². The third-order valence-electron chi connectivity index (χ3n) is 4.53. The Hall–Kier alpha value is -3.92. The summed E-state index contributed by atoms with van der Waals surface area (Å²) in [5.74, 6) is -1.74. The van der Waals surface area contributed by atoms with E-state index in [0.717, 1.165) is 23.3 Å². The van der Waals surface area contributed by atoms with E-state index in [1.165, 1.54) is 12.1 Å². The smallest absolute Gasteiger partial charge is 0.264 e. The topological polar surface area (TPSA) is 96.9 Å². The van der Waals surface area contributed by atoms with E-state index in [9.17, 15) is 17.2 Å². The molecule has 0 saturated carbocycles. The molecule has 0 aliphatic carbocycles. The van der Waals surface area contributed by atoms with E-state index in [1.54, 1.807) is 36.8 Å². The average molecular weight is 453 g/mol. The summed E-state index contributed by atoms with van der Waals surface area (Å²) in [6.07, 6.45) is 4.94. The zero-order valence-corrected chi connectivity index (χ0v) is 17.6. The first-order valence-corrected chi connectivity index (χ1v) is 10.9. The van der Waals surface area contributed by atoms with Crippen LogP contribution in [-0.4, -0.2) is 23.4 Å². The molecule has 0 aliphatic heterocycles. The molecule has 0 amide bonds. The number of sulfonamides is 1. The van der Waals surface area contributed by atoms with Crippen molar-refractivity contribution in [2.24, 2.45) is 0 Å². The Bertz CT molecular complexity index is 1380. The van der Waals surface area contributed by atoms with E-state index in [2.05, 4.69) is 25.0 Å². The molecule has 0 fully saturated rings. The lowest BCUT2D eigenvalue weighted by atomic mass is 10.2. The number of hydrogen-bond acceptors (Lipinski definition) is 6. The van der Waals surface area contributed by atoms with E-state index in [-0.39, 0.29) is 5.69 Å². The van der Waals surface area contributed by atoms with Crippen molar-refractivity contribution in [1.29, 1.82) is 0 Å². The second-order valence-corrected chi connectivity index (χ2v) is 8.49. The molecule has 0 spiro atoms. The predicted octanol–water partition coefficient (Wildman–Crippen LogP) is 4.67. The van der Waals surface area contributed by atoms with E-state index >= 15 is 0 Å². The second kappa shape index (κ2) is 8.67. The highest BCUT2D eigenvalue weighted by Crippen LogP contribution is 2.26. The first kappa shape index (κ1) is 21.3. The second-order valence-electron chi connectivity index (χ2n) is 6.84. The minimum atomic E-state index is -4.26. The van der Waals surface area contributed by atoms with Crippen LogP contribution in [0.25, 0.3) is 11.3 Å². The fraction of sp³-hybridized carbons (Fsp3) is 0.0455. The van der Waals surface area contributed by atoms with Gasteiger partial charge in [0.25, 0.3) is 10.0 Å². The largest absolute Gasteiger partial charge is 0.324 e. The van der Waals surface area contributed by atoms with Gasteiger partial charge in [0.1, 0.15) is 16.5 Å². The maximum Gasteiger partial charge on any atom is 0.264 e. The molecule has 7 nitrogen and oxygen atoms in total. The van der Waals surface area contributed by atoms with E-state index in [0.29, 0.717) is 23.4 Å². The Balaban J connectivity index is 1.60. The predicted molar refractivity (Wildman–Crippen MR) is 117 cm³/mol. The molecule has 2 N–H and O–H groups in total. The van der Waals surface area contributed by atoms with Crippen LogP contribution < -0.4 is 10.0 Å². The zero-order chi connectivity index (χ0) is 22.7. The molecule has 4 rings (SSSR count). The van der Waals surface area contributed by atoms with Crippen LogP contribution in [-0.2, 0) is 10.0 Å². The minimum Gasteiger partial charge on any atom is -0.324 e. The molecular formula is C22H17F2N5O2S. The summed E-state index contributed by atoms with van der Waals surface area (Å²) in [6.45, 7) is 1.82. The molecule has 0 saturated heterocycles. The van der Waals surface area contributed by atoms with Crippen molar-refractivity contribution in [2.45, 2.75) is 11.8 Å². The van der Waals surface area contributed by atoms with Gasteiger partial charge >= 0.3 is 0 Å². The van der Waals surface area contributed by atoms with Crippen LogP contribution in [0, 0.1) is 18.6 Å². The number of pyridine rings is 1. The Morgan fingerprint density at radius 3 is 2.56 bits per heavy atom. The van der Waals surface area contributed by atoms with E-state index in [1.807, 2.05) is 13.0 Å². The van der Waals surface area contributed by atoms with Crippen LogP contribution in [0.15, 0.2) is 78.1 Å². The highest BCUT2D eigenvalue weighted by molar-refractivity contribution is 7.92. The van der Waals surface area contributed by atoms with Crippen molar-refractivity contribution in [1.82, 2.24) is 15.0 Å². The van der Waals surface area contributed by atoms with Gasteiger partial charge in [-0.3, -0.25) is 9.71 Å². The number of hydrogen-bond donors (Lipinski definition) is 2. The van der Waals surface area contributed by atoms with Crippen molar-refractivity contribution in [3.63, 3.8) is 0 Å². The third-order valence-corrected chi connectivity index (χ3v) is 5.95. The van der Waals surface area contributed by atoms with Gasteiger partial charge in [-0.15, -0.1) is 0 Å². The lowest BCUT2D eigenvalue weighted by Gasteiger charge is -2.13. The molecule has 2 aromatic heterocycles. The number of benzene rings is 2. The number of aromatic nitrogens is 3. The van der Waals surface area contributed by atoms with E-state index in [4.69, 9.17) is 0 Å². The van der Waals surface area contributed by atoms with Crippen molar-refractivity contribution in [3.05, 3.63) is 90.4 Å². The van der Waals surface area contributed by atoms with Crippen LogP contribution >= 0.6 is 0 Å². The molecule has 32 heavy (non-hydrogen) atoms. The van der Waals surface area contributed by atoms with Crippen molar-refractivity contribution >= 4 is 27.3 Å². The molecule has 162 valence electrons. The van der Waals surface area contributed by atoms with Crippen molar-refractivity contribution < 1.29 is 17.2 Å². The number of halogens is 2. The van der Waals surface area contributed by atoms with Crippen LogP contribution in [0.2, 0.25) is 0 Å². The Morgan fingerprint density at radius 2 is 1.81 bits per heavy atom. The normalized spacial score (nSPS) is 11.2. The first-order valence-electron chi connectivity index (χ1n) is 9.41. The maximum absolute atomic E-state index is 14.0. The summed E-state index contributed by atoms with van der Waals surface area (Å²) in [7, 11) is -4.26. The molecule has 2 heterocycles. The molecule has 0 atom stereocenters. The van der Waals surface area contributed by atoms with Gasteiger partial charge in [0.05, 0.1) is 11.4 Å². The van der Waals surface area contributed by atoms with Gasteiger partial charge in [0.2, 0.25) is 5.95 Å². The summed E-state index contributed by atoms with van der Waals surface area (Å²) in [5.41, 5.74) is 3.02. The highest BCUT2D eigenvalue weighted by atomic mass is 32.2. The number of rotatable bonds is 6. The van der Waals surface area contributed by atoms with E-state index < -0.39 is 26.6 Å². The van der Waals surface area contributed by atoms with Gasteiger partial charge in [-0.2, -0.15) is 0 Å². The Morgan fingerprint density at radius 1 is 0.969 bits per heavy atom. The quantitative estimate of drug-likeness (QED) is 0.440. The molecule has 0 unspecified atom stereocenters. The summed E-state index contributed by atoms with van der Waals surface area (Å²) < 4.78 is 54.5. The van der Waals surface area contributed by atoms with Gasteiger partial charge in [-0.25, -0.2) is 27.2 Å². The molecule has 0 radical (unpaired) electrons. The summed E-state index contributed by atoms with van der Waals surface area (Å²) in [6, 6.07) is 12.4. The van der Waals surface area contributed by atoms with Crippen LogP contribution in [0.4, 0.5) is 26.1 Å². The Labute approximate surface area is 183 Å². The molecule has 4 aromatic rings. The van der Waals surface area contributed by atoms with Crippen LogP contribution in [0.5, 0.6) is 0 Å². The monoisotopic (exact) mass is 453 g/mol. The van der Waals surface area contributed by atoms with Crippen molar-refractivity contribution in [3.8, 4) is 11.3 Å². The van der Waals surface area contributed by atoms with Gasteiger partial charge in [-0.1, -0.05) is 6.07 Å². The number of nitrogens with zero attached hydrogens (tertiary/aromatic N) is 3. The Kier molecular flexibility index (Phi) is 5.78. The number of anilines is 3. The standard InChI is InChI=1S/C22H17F2N5O2S/c1-14-4-6-17(29-32(30,31)21-7-5-16(23)11-18(21)24)12-20(14)28-22-26-10-8-19(27-22)15-3-2-9-25-13-15/h2-13,29H,1H3,(H,26,27,28). The number of nitrogens with one attached hydrogen (secondary N) is 2. The van der Waals surface area contributed by atoms with Gasteiger partial charge in [-0.05, 0) is 55.0 Å².